The monoisotopic (exact) mass is 444 g/mol. The number of aryl methyl sites for hydroxylation is 2. The van der Waals surface area contributed by atoms with Crippen LogP contribution in [0.3, 0.4) is 0 Å². The Balaban J connectivity index is 1.43. The number of nitrogens with zero attached hydrogens (tertiary/aromatic N) is 3. The van der Waals surface area contributed by atoms with Gasteiger partial charge in [-0.1, -0.05) is 23.5 Å². The van der Waals surface area contributed by atoms with E-state index in [2.05, 4.69) is 20.8 Å². The maximum absolute atomic E-state index is 12.8. The molecule has 1 aromatic heterocycles. The van der Waals surface area contributed by atoms with Gasteiger partial charge in [0.05, 0.1) is 21.7 Å². The van der Waals surface area contributed by atoms with E-state index < -0.39 is 10.0 Å². The fraction of sp³-hybridized carbons (Fsp3) is 0.211. The molecule has 1 N–H and O–H groups in total. The van der Waals surface area contributed by atoms with Crippen LogP contribution in [0.2, 0.25) is 0 Å². The predicted molar refractivity (Wildman–Crippen MR) is 118 cm³/mol. The van der Waals surface area contributed by atoms with Crippen molar-refractivity contribution in [3.05, 3.63) is 47.0 Å². The van der Waals surface area contributed by atoms with Gasteiger partial charge in [-0.3, -0.25) is 10.1 Å². The summed E-state index contributed by atoms with van der Waals surface area (Å²) >= 11 is 2.73. The number of thioether (sulfide) groups is 1. The largest absolute Gasteiger partial charge is 0.318 e. The molecule has 2 aliphatic rings. The number of carbonyl (C=O) groups is 1. The minimum absolute atomic E-state index is 0.00478. The number of hydrogen-bond donors (Lipinski definition) is 1. The van der Waals surface area contributed by atoms with Crippen molar-refractivity contribution < 1.29 is 13.2 Å². The number of anilines is 2. The normalized spacial score (nSPS) is 17.0. The quantitative estimate of drug-likeness (QED) is 0.647. The van der Waals surface area contributed by atoms with Gasteiger partial charge in [0.1, 0.15) is 0 Å². The van der Waals surface area contributed by atoms with Gasteiger partial charge in [0.25, 0.3) is 15.9 Å². The number of rotatable bonds is 2. The Kier molecular flexibility index (Phi) is 4.19. The number of fused-ring (bicyclic) bond motifs is 4. The molecule has 3 aromatic rings. The van der Waals surface area contributed by atoms with Crippen molar-refractivity contribution in [3.63, 3.8) is 0 Å². The van der Waals surface area contributed by atoms with Crippen molar-refractivity contribution in [2.24, 2.45) is 4.40 Å². The Morgan fingerprint density at radius 2 is 1.97 bits per heavy atom. The fourth-order valence-electron chi connectivity index (χ4n) is 3.35. The average Bonchev–Trinajstić information content (AvgIpc) is 3.24. The topological polar surface area (TPSA) is 91.7 Å². The number of hydrogen-bond acceptors (Lipinski definition) is 7. The molecule has 0 aliphatic carbocycles. The molecule has 148 valence electrons. The number of amidine groups is 1. The van der Waals surface area contributed by atoms with Crippen LogP contribution in [0.15, 0.2) is 39.6 Å². The van der Waals surface area contributed by atoms with E-state index in [-0.39, 0.29) is 11.7 Å². The molecule has 0 spiro atoms. The highest BCUT2D eigenvalue weighted by atomic mass is 32.2. The number of nitrogens with one attached hydrogen (secondary N) is 1. The van der Waals surface area contributed by atoms with Crippen LogP contribution in [0, 0.1) is 13.8 Å². The molecular formula is C19H16N4O3S3. The predicted octanol–water partition coefficient (Wildman–Crippen LogP) is 3.78. The number of benzene rings is 2. The highest BCUT2D eigenvalue weighted by molar-refractivity contribution is 8.15. The van der Waals surface area contributed by atoms with Crippen LogP contribution in [0.5, 0.6) is 0 Å². The van der Waals surface area contributed by atoms with Crippen LogP contribution >= 0.6 is 23.1 Å². The summed E-state index contributed by atoms with van der Waals surface area (Å²) in [5.74, 6) is -0.253. The molecule has 2 aliphatic heterocycles. The highest BCUT2D eigenvalue weighted by Gasteiger charge is 2.33. The molecule has 0 bridgehead atoms. The lowest BCUT2D eigenvalue weighted by molar-refractivity contribution is 0.102. The third kappa shape index (κ3) is 3.21. The van der Waals surface area contributed by atoms with Gasteiger partial charge >= 0.3 is 0 Å². The van der Waals surface area contributed by atoms with Gasteiger partial charge in [0.2, 0.25) is 0 Å². The van der Waals surface area contributed by atoms with Gasteiger partial charge in [-0.15, -0.1) is 4.40 Å². The van der Waals surface area contributed by atoms with Crippen LogP contribution in [0.25, 0.3) is 10.2 Å². The van der Waals surface area contributed by atoms with Gasteiger partial charge in [0, 0.05) is 17.0 Å². The molecule has 0 atom stereocenters. The number of aromatic nitrogens is 1. The van der Waals surface area contributed by atoms with Gasteiger partial charge in [-0.2, -0.15) is 0 Å². The SMILES string of the molecule is Cc1ccc(C)c2sc(NC(=O)c3ccc4c(c3)SC3=NS(=O)(=O)CCN34)nc12. The maximum atomic E-state index is 12.8. The second-order valence-corrected chi connectivity index (χ2v) is 10.7. The highest BCUT2D eigenvalue weighted by Crippen LogP contribution is 2.42. The summed E-state index contributed by atoms with van der Waals surface area (Å²) in [7, 11) is -3.40. The standard InChI is InChI=1S/C19H16N4O3S3/c1-10-3-4-11(2)16-15(10)20-18(28-16)21-17(24)12-5-6-13-14(9-12)27-19-22-29(25,26)8-7-23(13)19/h3-6,9H,7-8H2,1-2H3,(H,20,21,24). The van der Waals surface area contributed by atoms with Crippen LogP contribution in [0.1, 0.15) is 21.5 Å². The molecule has 0 unspecified atom stereocenters. The lowest BCUT2D eigenvalue weighted by atomic mass is 10.1. The van der Waals surface area contributed by atoms with E-state index in [1.54, 1.807) is 12.1 Å². The van der Waals surface area contributed by atoms with E-state index in [1.165, 1.54) is 23.1 Å². The summed E-state index contributed by atoms with van der Waals surface area (Å²) in [5.41, 5.74) is 4.48. The zero-order chi connectivity index (χ0) is 20.3. The Morgan fingerprint density at radius 3 is 2.76 bits per heavy atom. The van der Waals surface area contributed by atoms with Crippen LogP contribution in [0.4, 0.5) is 10.8 Å². The summed E-state index contributed by atoms with van der Waals surface area (Å²) < 4.78 is 28.4. The molecule has 7 nitrogen and oxygen atoms in total. The van der Waals surface area contributed by atoms with Crippen molar-refractivity contribution in [3.8, 4) is 0 Å². The van der Waals surface area contributed by atoms with Crippen LogP contribution in [-0.2, 0) is 10.0 Å². The van der Waals surface area contributed by atoms with E-state index in [4.69, 9.17) is 0 Å². The number of amides is 1. The van der Waals surface area contributed by atoms with Gasteiger partial charge < -0.3 is 4.90 Å². The molecule has 2 aromatic carbocycles. The first-order valence-corrected chi connectivity index (χ1v) is 12.2. The Bertz CT molecular complexity index is 1290. The molecule has 0 saturated carbocycles. The molecule has 0 fully saturated rings. The Hall–Kier alpha value is -2.43. The van der Waals surface area contributed by atoms with Gasteiger partial charge in [-0.25, -0.2) is 13.4 Å². The Labute approximate surface area is 175 Å². The summed E-state index contributed by atoms with van der Waals surface area (Å²) in [4.78, 5) is 20.1. The molecule has 0 saturated heterocycles. The van der Waals surface area contributed by atoms with Crippen LogP contribution in [-0.4, -0.2) is 36.8 Å². The second-order valence-electron chi connectivity index (χ2n) is 6.95. The number of sulfonamides is 1. The third-order valence-electron chi connectivity index (χ3n) is 4.90. The van der Waals surface area contributed by atoms with E-state index in [1.807, 2.05) is 30.9 Å². The van der Waals surface area contributed by atoms with Crippen molar-refractivity contribution in [1.82, 2.24) is 4.98 Å². The molecule has 3 heterocycles. The Morgan fingerprint density at radius 1 is 1.17 bits per heavy atom. The van der Waals surface area contributed by atoms with Crippen molar-refractivity contribution >= 4 is 65.2 Å². The maximum Gasteiger partial charge on any atom is 0.257 e. The third-order valence-corrected chi connectivity index (χ3v) is 8.31. The molecule has 10 heteroatoms. The first-order valence-electron chi connectivity index (χ1n) is 8.91. The van der Waals surface area contributed by atoms with Gasteiger partial charge in [-0.05, 0) is 54.9 Å². The molecule has 5 rings (SSSR count). The van der Waals surface area contributed by atoms with Crippen molar-refractivity contribution in [1.29, 1.82) is 0 Å². The molecular weight excluding hydrogens is 428 g/mol. The van der Waals surface area contributed by atoms with E-state index in [9.17, 15) is 13.2 Å². The number of thiazole rings is 1. The summed E-state index contributed by atoms with van der Waals surface area (Å²) in [6, 6.07) is 9.43. The average molecular weight is 445 g/mol. The summed E-state index contributed by atoms with van der Waals surface area (Å²) in [6.45, 7) is 4.40. The van der Waals surface area contributed by atoms with E-state index >= 15 is 0 Å². The van der Waals surface area contributed by atoms with Crippen molar-refractivity contribution in [2.45, 2.75) is 18.7 Å². The first kappa shape index (κ1) is 18.6. The fourth-order valence-corrected chi connectivity index (χ4v) is 6.66. The van der Waals surface area contributed by atoms with Crippen LogP contribution < -0.4 is 10.2 Å². The summed E-state index contributed by atoms with van der Waals surface area (Å²) in [6.07, 6.45) is 0. The molecule has 1 amide bonds. The minimum atomic E-state index is -3.40. The zero-order valence-corrected chi connectivity index (χ0v) is 18.0. The lowest BCUT2D eigenvalue weighted by Crippen LogP contribution is -2.35. The summed E-state index contributed by atoms with van der Waals surface area (Å²) in [5, 5.41) is 3.89. The lowest BCUT2D eigenvalue weighted by Gasteiger charge is -2.22. The van der Waals surface area contributed by atoms with Crippen molar-refractivity contribution in [2.75, 3.05) is 22.5 Å². The first-order chi connectivity index (χ1) is 13.8. The zero-order valence-electron chi connectivity index (χ0n) is 15.6. The smallest absolute Gasteiger partial charge is 0.257 e. The minimum Gasteiger partial charge on any atom is -0.318 e. The van der Waals surface area contributed by atoms with E-state index in [0.717, 1.165) is 31.9 Å². The van der Waals surface area contributed by atoms with E-state index in [0.29, 0.717) is 22.4 Å². The molecule has 0 radical (unpaired) electrons. The second kappa shape index (κ2) is 6.54. The van der Waals surface area contributed by atoms with Gasteiger partial charge in [0.15, 0.2) is 10.3 Å². The molecule has 29 heavy (non-hydrogen) atoms. The number of carbonyl (C=O) groups excluding carboxylic acids is 1.